The number of thiophene rings is 1. The molecule has 0 spiro atoms. The number of nitrogens with zero attached hydrogens (tertiary/aromatic N) is 3. The summed E-state index contributed by atoms with van der Waals surface area (Å²) in [6.45, 7) is 6.28. The van der Waals surface area contributed by atoms with Gasteiger partial charge in [0.05, 0.1) is 16.0 Å². The molecule has 0 amide bonds. The van der Waals surface area contributed by atoms with Gasteiger partial charge in [0.15, 0.2) is 5.16 Å². The van der Waals surface area contributed by atoms with E-state index >= 15 is 0 Å². The molecule has 0 N–H and O–H groups in total. The Morgan fingerprint density at radius 2 is 2.06 bits per heavy atom. The molecular formula is C26H25N3O3S2. The molecule has 34 heavy (non-hydrogen) atoms. The normalized spacial score (nSPS) is 15.4. The Balaban J connectivity index is 1.66. The number of hydrogen-bond acceptors (Lipinski definition) is 6. The lowest BCUT2D eigenvalue weighted by atomic mass is 9.89. The Bertz CT molecular complexity index is 1490. The minimum Gasteiger partial charge on any atom is -0.268 e. The number of nitro groups is 1. The highest BCUT2D eigenvalue weighted by Gasteiger charge is 2.25. The lowest BCUT2D eigenvalue weighted by Crippen LogP contribution is -2.23. The van der Waals surface area contributed by atoms with Crippen molar-refractivity contribution in [2.75, 3.05) is 0 Å². The molecule has 1 aliphatic carbocycles. The van der Waals surface area contributed by atoms with Gasteiger partial charge in [-0.05, 0) is 67.3 Å². The van der Waals surface area contributed by atoms with Crippen molar-refractivity contribution in [2.45, 2.75) is 50.9 Å². The van der Waals surface area contributed by atoms with Crippen LogP contribution >= 0.6 is 23.1 Å². The van der Waals surface area contributed by atoms with Crippen LogP contribution in [0.5, 0.6) is 0 Å². The van der Waals surface area contributed by atoms with E-state index in [2.05, 4.69) is 6.92 Å². The number of non-ortho nitro benzene ring substituents is 1. The van der Waals surface area contributed by atoms with E-state index in [4.69, 9.17) is 4.98 Å². The maximum atomic E-state index is 14.0. The molecule has 5 rings (SSSR count). The molecule has 6 nitrogen and oxygen atoms in total. The Morgan fingerprint density at radius 1 is 1.24 bits per heavy atom. The van der Waals surface area contributed by atoms with Gasteiger partial charge in [0.2, 0.25) is 0 Å². The van der Waals surface area contributed by atoms with Crippen LogP contribution in [0.25, 0.3) is 15.9 Å². The molecule has 4 aromatic rings. The van der Waals surface area contributed by atoms with Crippen LogP contribution in [0.4, 0.5) is 5.69 Å². The van der Waals surface area contributed by atoms with Gasteiger partial charge in [0, 0.05) is 22.8 Å². The fraction of sp³-hybridized carbons (Fsp3) is 0.308. The number of hydrogen-bond donors (Lipinski definition) is 0. The first-order chi connectivity index (χ1) is 16.3. The molecule has 1 atom stereocenters. The zero-order valence-corrected chi connectivity index (χ0v) is 21.0. The van der Waals surface area contributed by atoms with Crippen LogP contribution in [0.2, 0.25) is 0 Å². The average Bonchev–Trinajstić information content (AvgIpc) is 3.17. The molecule has 2 aromatic heterocycles. The summed E-state index contributed by atoms with van der Waals surface area (Å²) in [6.07, 6.45) is 3.00. The molecule has 0 bridgehead atoms. The summed E-state index contributed by atoms with van der Waals surface area (Å²) in [5, 5.41) is 12.6. The summed E-state index contributed by atoms with van der Waals surface area (Å²) < 4.78 is 1.75. The topological polar surface area (TPSA) is 78.0 Å². The molecule has 2 aromatic carbocycles. The largest absolute Gasteiger partial charge is 0.269 e. The van der Waals surface area contributed by atoms with Crippen molar-refractivity contribution in [2.24, 2.45) is 5.92 Å². The van der Waals surface area contributed by atoms with E-state index in [0.29, 0.717) is 16.8 Å². The first kappa shape index (κ1) is 22.8. The number of nitro benzene ring substituents is 1. The van der Waals surface area contributed by atoms with Crippen LogP contribution in [-0.2, 0) is 18.6 Å². The predicted octanol–water partition coefficient (Wildman–Crippen LogP) is 6.39. The Labute approximate surface area is 205 Å². The van der Waals surface area contributed by atoms with E-state index in [-0.39, 0.29) is 16.2 Å². The lowest BCUT2D eigenvalue weighted by molar-refractivity contribution is -0.384. The van der Waals surface area contributed by atoms with Crippen molar-refractivity contribution < 1.29 is 4.92 Å². The van der Waals surface area contributed by atoms with Crippen LogP contribution < -0.4 is 5.56 Å². The molecule has 0 radical (unpaired) electrons. The number of aromatic nitrogens is 2. The molecule has 1 aliphatic rings. The zero-order valence-electron chi connectivity index (χ0n) is 19.3. The van der Waals surface area contributed by atoms with Gasteiger partial charge in [0.25, 0.3) is 11.2 Å². The monoisotopic (exact) mass is 491 g/mol. The van der Waals surface area contributed by atoms with Crippen molar-refractivity contribution in [1.82, 2.24) is 9.55 Å². The van der Waals surface area contributed by atoms with Crippen LogP contribution in [0.15, 0.2) is 52.4 Å². The van der Waals surface area contributed by atoms with E-state index in [1.807, 2.05) is 38.1 Å². The van der Waals surface area contributed by atoms with Gasteiger partial charge in [-0.3, -0.25) is 19.5 Å². The van der Waals surface area contributed by atoms with E-state index in [9.17, 15) is 14.9 Å². The predicted molar refractivity (Wildman–Crippen MR) is 139 cm³/mol. The number of fused-ring (bicyclic) bond motifs is 3. The van der Waals surface area contributed by atoms with Gasteiger partial charge < -0.3 is 0 Å². The Hall–Kier alpha value is -2.97. The maximum absolute atomic E-state index is 14.0. The van der Waals surface area contributed by atoms with Crippen molar-refractivity contribution in [1.29, 1.82) is 0 Å². The number of benzene rings is 2. The van der Waals surface area contributed by atoms with Crippen LogP contribution in [-0.4, -0.2) is 14.5 Å². The highest BCUT2D eigenvalue weighted by molar-refractivity contribution is 7.98. The van der Waals surface area contributed by atoms with Gasteiger partial charge in [-0.25, -0.2) is 4.98 Å². The zero-order chi connectivity index (χ0) is 24.0. The summed E-state index contributed by atoms with van der Waals surface area (Å²) in [7, 11) is 0. The van der Waals surface area contributed by atoms with Crippen LogP contribution in [0.1, 0.15) is 40.5 Å². The average molecular weight is 492 g/mol. The van der Waals surface area contributed by atoms with E-state index < -0.39 is 0 Å². The van der Waals surface area contributed by atoms with E-state index in [0.717, 1.165) is 51.9 Å². The van der Waals surface area contributed by atoms with Gasteiger partial charge in [0.1, 0.15) is 4.83 Å². The second-order valence-electron chi connectivity index (χ2n) is 9.07. The third kappa shape index (κ3) is 4.16. The molecule has 0 aliphatic heterocycles. The lowest BCUT2D eigenvalue weighted by Gasteiger charge is -2.18. The minimum atomic E-state index is -0.387. The highest BCUT2D eigenvalue weighted by atomic mass is 32.2. The maximum Gasteiger partial charge on any atom is 0.269 e. The molecule has 174 valence electrons. The fourth-order valence-corrected chi connectivity index (χ4v) is 6.92. The number of thioether (sulfide) groups is 1. The summed E-state index contributed by atoms with van der Waals surface area (Å²) in [6, 6.07) is 12.7. The highest BCUT2D eigenvalue weighted by Crippen LogP contribution is 2.37. The summed E-state index contributed by atoms with van der Waals surface area (Å²) >= 11 is 3.09. The first-order valence-corrected chi connectivity index (χ1v) is 13.1. The molecule has 0 saturated heterocycles. The van der Waals surface area contributed by atoms with Crippen LogP contribution in [0.3, 0.4) is 0 Å². The molecule has 8 heteroatoms. The fourth-order valence-electron chi connectivity index (χ4n) is 4.55. The van der Waals surface area contributed by atoms with Gasteiger partial charge in [-0.15, -0.1) is 11.3 Å². The standard InChI is InChI=1S/C26H25N3O3S2/c1-15-7-9-17(3)21(11-15)28-25(30)23-20-10-8-16(2)12-22(20)34-24(23)27-26(28)33-14-18-5-4-6-19(13-18)29(31)32/h4-7,9,11,13,16H,8,10,12,14H2,1-3H3/t16-/m1/s1. The summed E-state index contributed by atoms with van der Waals surface area (Å²) in [5.41, 5.74) is 4.95. The third-order valence-electron chi connectivity index (χ3n) is 6.39. The van der Waals surface area contributed by atoms with Crippen molar-refractivity contribution in [3.63, 3.8) is 0 Å². The number of aryl methyl sites for hydroxylation is 3. The van der Waals surface area contributed by atoms with Gasteiger partial charge in [-0.2, -0.15) is 0 Å². The Morgan fingerprint density at radius 3 is 2.85 bits per heavy atom. The molecule has 0 fully saturated rings. The van der Waals surface area contributed by atoms with E-state index in [1.165, 1.54) is 28.3 Å². The number of rotatable bonds is 5. The summed E-state index contributed by atoms with van der Waals surface area (Å²) in [5.74, 6) is 1.09. The molecular weight excluding hydrogens is 466 g/mol. The molecule has 0 unspecified atom stereocenters. The second-order valence-corrected chi connectivity index (χ2v) is 11.1. The van der Waals surface area contributed by atoms with Crippen molar-refractivity contribution in [3.8, 4) is 5.69 Å². The van der Waals surface area contributed by atoms with Gasteiger partial charge >= 0.3 is 0 Å². The minimum absolute atomic E-state index is 0.0210. The van der Waals surface area contributed by atoms with Crippen molar-refractivity contribution in [3.05, 3.63) is 90.1 Å². The Kier molecular flexibility index (Phi) is 6.04. The third-order valence-corrected chi connectivity index (χ3v) is 8.55. The van der Waals surface area contributed by atoms with Gasteiger partial charge in [-0.1, -0.05) is 43.0 Å². The quantitative estimate of drug-likeness (QED) is 0.140. The molecule has 2 heterocycles. The smallest absolute Gasteiger partial charge is 0.268 e. The first-order valence-electron chi connectivity index (χ1n) is 11.3. The summed E-state index contributed by atoms with van der Waals surface area (Å²) in [4.78, 5) is 31.9. The van der Waals surface area contributed by atoms with Crippen molar-refractivity contribution >= 4 is 39.0 Å². The SMILES string of the molecule is Cc1ccc(C)c(-n2c(SCc3cccc([N+](=O)[O-])c3)nc3sc4c(c3c2=O)CC[C@@H](C)C4)c1. The second kappa shape index (κ2) is 9.00. The molecule has 0 saturated carbocycles. The van der Waals surface area contributed by atoms with Crippen LogP contribution in [0, 0.1) is 29.9 Å². The van der Waals surface area contributed by atoms with E-state index in [1.54, 1.807) is 28.0 Å².